The molecule has 0 aliphatic heterocycles. The Labute approximate surface area is 107 Å². The van der Waals surface area contributed by atoms with Crippen molar-refractivity contribution in [3.63, 3.8) is 0 Å². The minimum atomic E-state index is -0.627. The summed E-state index contributed by atoms with van der Waals surface area (Å²) in [6.07, 6.45) is 3.20. The summed E-state index contributed by atoms with van der Waals surface area (Å²) in [4.78, 5) is 14.1. The van der Waals surface area contributed by atoms with Crippen LogP contribution in [0.1, 0.15) is 30.9 Å². The number of aliphatic hydroxyl groups is 1. The van der Waals surface area contributed by atoms with Crippen LogP contribution in [0.15, 0.2) is 30.3 Å². The standard InChI is InChI=1S/C14H20N2O2/c15-13(11-5-2-1-3-6-11)14(18)16(9-10-17)12-7-4-8-12/h1-3,5-6,12-13,17H,4,7-10,15H2/t13-/m0/s1. The summed E-state index contributed by atoms with van der Waals surface area (Å²) in [5.41, 5.74) is 6.84. The van der Waals surface area contributed by atoms with E-state index in [9.17, 15) is 4.79 Å². The zero-order valence-corrected chi connectivity index (χ0v) is 10.5. The fourth-order valence-electron chi connectivity index (χ4n) is 2.26. The quantitative estimate of drug-likeness (QED) is 0.819. The van der Waals surface area contributed by atoms with Crippen molar-refractivity contribution in [3.8, 4) is 0 Å². The zero-order valence-electron chi connectivity index (χ0n) is 10.5. The number of carbonyl (C=O) groups is 1. The monoisotopic (exact) mass is 248 g/mol. The summed E-state index contributed by atoms with van der Waals surface area (Å²) in [5, 5.41) is 9.07. The molecule has 4 heteroatoms. The van der Waals surface area contributed by atoms with Crippen LogP contribution in [-0.2, 0) is 4.79 Å². The Kier molecular flexibility index (Phi) is 4.33. The summed E-state index contributed by atoms with van der Waals surface area (Å²) in [6, 6.07) is 9.02. The number of rotatable bonds is 5. The van der Waals surface area contributed by atoms with Crippen molar-refractivity contribution in [2.75, 3.05) is 13.2 Å². The summed E-state index contributed by atoms with van der Waals surface area (Å²) < 4.78 is 0. The lowest BCUT2D eigenvalue weighted by atomic mass is 9.90. The van der Waals surface area contributed by atoms with E-state index in [0.717, 1.165) is 24.8 Å². The Hall–Kier alpha value is -1.39. The number of hydrogen-bond acceptors (Lipinski definition) is 3. The van der Waals surface area contributed by atoms with E-state index in [2.05, 4.69) is 0 Å². The molecule has 1 atom stereocenters. The molecule has 1 aliphatic rings. The summed E-state index contributed by atoms with van der Waals surface area (Å²) in [6.45, 7) is 0.369. The van der Waals surface area contributed by atoms with Gasteiger partial charge in [-0.25, -0.2) is 0 Å². The molecular formula is C14H20N2O2. The van der Waals surface area contributed by atoms with Crippen molar-refractivity contribution in [2.45, 2.75) is 31.3 Å². The highest BCUT2D eigenvalue weighted by atomic mass is 16.3. The van der Waals surface area contributed by atoms with E-state index >= 15 is 0 Å². The molecule has 1 amide bonds. The molecule has 3 N–H and O–H groups in total. The number of nitrogens with zero attached hydrogens (tertiary/aromatic N) is 1. The Morgan fingerprint density at radius 3 is 2.56 bits per heavy atom. The van der Waals surface area contributed by atoms with Gasteiger partial charge < -0.3 is 15.7 Å². The van der Waals surface area contributed by atoms with E-state index in [1.165, 1.54) is 0 Å². The molecule has 0 saturated heterocycles. The molecule has 0 radical (unpaired) electrons. The largest absolute Gasteiger partial charge is 0.395 e. The number of aliphatic hydroxyl groups excluding tert-OH is 1. The Bertz CT molecular complexity index is 390. The van der Waals surface area contributed by atoms with Crippen LogP contribution in [0, 0.1) is 0 Å². The first-order valence-corrected chi connectivity index (χ1v) is 6.46. The van der Waals surface area contributed by atoms with Crippen molar-refractivity contribution in [1.29, 1.82) is 0 Å². The van der Waals surface area contributed by atoms with Crippen LogP contribution >= 0.6 is 0 Å². The second-order valence-corrected chi connectivity index (χ2v) is 4.73. The van der Waals surface area contributed by atoms with Gasteiger partial charge >= 0.3 is 0 Å². The van der Waals surface area contributed by atoms with Gasteiger partial charge in [-0.15, -0.1) is 0 Å². The van der Waals surface area contributed by atoms with Crippen molar-refractivity contribution in [1.82, 2.24) is 4.90 Å². The van der Waals surface area contributed by atoms with Crippen LogP contribution in [0.2, 0.25) is 0 Å². The van der Waals surface area contributed by atoms with E-state index in [4.69, 9.17) is 10.8 Å². The summed E-state index contributed by atoms with van der Waals surface area (Å²) in [5.74, 6) is -0.0834. The zero-order chi connectivity index (χ0) is 13.0. The molecule has 1 fully saturated rings. The molecule has 0 heterocycles. The molecule has 2 rings (SSSR count). The van der Waals surface area contributed by atoms with Crippen LogP contribution in [0.25, 0.3) is 0 Å². The first-order chi connectivity index (χ1) is 8.74. The average Bonchev–Trinajstić information content (AvgIpc) is 2.35. The fraction of sp³-hybridized carbons (Fsp3) is 0.500. The van der Waals surface area contributed by atoms with Gasteiger partial charge in [-0.3, -0.25) is 4.79 Å². The lowest BCUT2D eigenvalue weighted by Crippen LogP contribution is -2.49. The topological polar surface area (TPSA) is 66.6 Å². The maximum absolute atomic E-state index is 12.4. The smallest absolute Gasteiger partial charge is 0.244 e. The van der Waals surface area contributed by atoms with Crippen LogP contribution in [-0.4, -0.2) is 35.1 Å². The van der Waals surface area contributed by atoms with Gasteiger partial charge in [0.2, 0.25) is 5.91 Å². The van der Waals surface area contributed by atoms with E-state index < -0.39 is 6.04 Å². The average molecular weight is 248 g/mol. The summed E-state index contributed by atoms with van der Waals surface area (Å²) >= 11 is 0. The van der Waals surface area contributed by atoms with Gasteiger partial charge in [-0.1, -0.05) is 30.3 Å². The second kappa shape index (κ2) is 5.98. The van der Waals surface area contributed by atoms with Gasteiger partial charge in [0.1, 0.15) is 6.04 Å². The van der Waals surface area contributed by atoms with Crippen molar-refractivity contribution in [2.24, 2.45) is 5.73 Å². The molecule has 0 bridgehead atoms. The molecule has 1 aromatic rings. The molecule has 4 nitrogen and oxygen atoms in total. The highest BCUT2D eigenvalue weighted by Crippen LogP contribution is 2.26. The van der Waals surface area contributed by atoms with E-state index in [1.807, 2.05) is 30.3 Å². The second-order valence-electron chi connectivity index (χ2n) is 4.73. The molecular weight excluding hydrogens is 228 g/mol. The van der Waals surface area contributed by atoms with Crippen LogP contribution in [0.4, 0.5) is 0 Å². The highest BCUT2D eigenvalue weighted by molar-refractivity contribution is 5.83. The third-order valence-electron chi connectivity index (χ3n) is 3.56. The van der Waals surface area contributed by atoms with Crippen LogP contribution in [0.5, 0.6) is 0 Å². The highest BCUT2D eigenvalue weighted by Gasteiger charge is 2.31. The fourth-order valence-corrected chi connectivity index (χ4v) is 2.26. The molecule has 1 aliphatic carbocycles. The molecule has 0 spiro atoms. The van der Waals surface area contributed by atoms with E-state index in [0.29, 0.717) is 6.54 Å². The molecule has 0 unspecified atom stereocenters. The maximum atomic E-state index is 12.4. The van der Waals surface area contributed by atoms with Crippen LogP contribution in [0.3, 0.4) is 0 Å². The molecule has 98 valence electrons. The number of benzene rings is 1. The number of carbonyl (C=O) groups excluding carboxylic acids is 1. The van der Waals surface area contributed by atoms with Crippen molar-refractivity contribution < 1.29 is 9.90 Å². The SMILES string of the molecule is N[C@H](C(=O)N(CCO)C1CCC1)c1ccccc1. The first kappa shape index (κ1) is 13.1. The Morgan fingerprint density at radius 2 is 2.06 bits per heavy atom. The predicted octanol–water partition coefficient (Wildman–Crippen LogP) is 1.06. The molecule has 1 aromatic carbocycles. The van der Waals surface area contributed by atoms with Gasteiger partial charge in [0.25, 0.3) is 0 Å². The molecule has 0 aromatic heterocycles. The minimum absolute atomic E-state index is 0.0102. The Morgan fingerprint density at radius 1 is 1.39 bits per heavy atom. The number of amides is 1. The normalized spacial score (nSPS) is 17.0. The lowest BCUT2D eigenvalue weighted by Gasteiger charge is -2.38. The predicted molar refractivity (Wildman–Crippen MR) is 69.8 cm³/mol. The van der Waals surface area contributed by atoms with Gasteiger partial charge in [-0.05, 0) is 24.8 Å². The minimum Gasteiger partial charge on any atom is -0.395 e. The van der Waals surface area contributed by atoms with Gasteiger partial charge in [0, 0.05) is 12.6 Å². The first-order valence-electron chi connectivity index (χ1n) is 6.46. The Balaban J connectivity index is 2.07. The summed E-state index contributed by atoms with van der Waals surface area (Å²) in [7, 11) is 0. The molecule has 1 saturated carbocycles. The van der Waals surface area contributed by atoms with Crippen LogP contribution < -0.4 is 5.73 Å². The third-order valence-corrected chi connectivity index (χ3v) is 3.56. The maximum Gasteiger partial charge on any atom is 0.244 e. The lowest BCUT2D eigenvalue weighted by molar-refractivity contribution is -0.137. The van der Waals surface area contributed by atoms with Gasteiger partial charge in [0.05, 0.1) is 6.61 Å². The van der Waals surface area contributed by atoms with Gasteiger partial charge in [-0.2, -0.15) is 0 Å². The third kappa shape index (κ3) is 2.71. The number of nitrogens with two attached hydrogens (primary N) is 1. The van der Waals surface area contributed by atoms with Gasteiger partial charge in [0.15, 0.2) is 0 Å². The molecule has 18 heavy (non-hydrogen) atoms. The van der Waals surface area contributed by atoms with E-state index in [-0.39, 0.29) is 18.6 Å². The van der Waals surface area contributed by atoms with E-state index in [1.54, 1.807) is 4.90 Å². The number of hydrogen-bond donors (Lipinski definition) is 2. The van der Waals surface area contributed by atoms with Crippen molar-refractivity contribution in [3.05, 3.63) is 35.9 Å². The van der Waals surface area contributed by atoms with Crippen molar-refractivity contribution >= 4 is 5.91 Å².